The lowest BCUT2D eigenvalue weighted by molar-refractivity contribution is 0.0729. The first-order chi connectivity index (χ1) is 15.4. The van der Waals surface area contributed by atoms with Crippen LogP contribution in [0.15, 0.2) is 53.4 Å². The summed E-state index contributed by atoms with van der Waals surface area (Å²) < 4.78 is 51.6. The third kappa shape index (κ3) is 4.68. The van der Waals surface area contributed by atoms with Crippen LogP contribution in [0.2, 0.25) is 5.02 Å². The van der Waals surface area contributed by atoms with E-state index >= 15 is 0 Å². The molecule has 3 aromatic rings. The zero-order valence-corrected chi connectivity index (χ0v) is 18.7. The second kappa shape index (κ2) is 9.37. The van der Waals surface area contributed by atoms with Gasteiger partial charge in [0.05, 0.1) is 31.0 Å². The van der Waals surface area contributed by atoms with Crippen LogP contribution in [0.1, 0.15) is 0 Å². The average Bonchev–Trinajstić information content (AvgIpc) is 2.82. The van der Waals surface area contributed by atoms with E-state index in [0.29, 0.717) is 36.0 Å². The van der Waals surface area contributed by atoms with Gasteiger partial charge in [-0.3, -0.25) is 0 Å². The van der Waals surface area contributed by atoms with Crippen LogP contribution in [0, 0.1) is 5.82 Å². The lowest BCUT2D eigenvalue weighted by atomic mass is 10.1. The minimum absolute atomic E-state index is 0.00758. The number of hydrogen-bond donors (Lipinski definition) is 1. The van der Waals surface area contributed by atoms with Crippen LogP contribution in [0.5, 0.6) is 5.75 Å². The van der Waals surface area contributed by atoms with Crippen molar-refractivity contribution in [3.05, 3.63) is 59.4 Å². The van der Waals surface area contributed by atoms with Crippen LogP contribution in [0.25, 0.3) is 11.3 Å². The topological polar surface area (TPSA) is 93.7 Å². The average molecular weight is 479 g/mol. The van der Waals surface area contributed by atoms with E-state index in [-0.39, 0.29) is 28.8 Å². The fourth-order valence-corrected chi connectivity index (χ4v) is 5.01. The Morgan fingerprint density at radius 1 is 1.09 bits per heavy atom. The molecule has 0 radical (unpaired) electrons. The molecule has 1 saturated heterocycles. The number of ether oxygens (including phenoxy) is 2. The number of sulfonamides is 1. The minimum atomic E-state index is -3.77. The summed E-state index contributed by atoms with van der Waals surface area (Å²) in [5, 5.41) is 11.3. The van der Waals surface area contributed by atoms with Crippen molar-refractivity contribution in [1.82, 2.24) is 14.5 Å². The SMILES string of the molecule is COc1ccc(-c2ccc(Nc3ccc(F)c(Cl)c3)nn2)cc1S(=O)(=O)N1CCOCC1. The van der Waals surface area contributed by atoms with Gasteiger partial charge in [0.25, 0.3) is 0 Å². The highest BCUT2D eigenvalue weighted by atomic mass is 35.5. The third-order valence-corrected chi connectivity index (χ3v) is 7.11. The molecule has 0 atom stereocenters. The lowest BCUT2D eigenvalue weighted by Crippen LogP contribution is -2.40. The first-order valence-corrected chi connectivity index (χ1v) is 11.5. The first kappa shape index (κ1) is 22.4. The van der Waals surface area contributed by atoms with Gasteiger partial charge in [-0.1, -0.05) is 11.6 Å². The summed E-state index contributed by atoms with van der Waals surface area (Å²) in [5.41, 5.74) is 1.61. The van der Waals surface area contributed by atoms with Gasteiger partial charge < -0.3 is 14.8 Å². The second-order valence-electron chi connectivity index (χ2n) is 6.94. The highest BCUT2D eigenvalue weighted by Crippen LogP contribution is 2.32. The van der Waals surface area contributed by atoms with E-state index in [1.54, 1.807) is 24.3 Å². The van der Waals surface area contributed by atoms with E-state index in [2.05, 4.69) is 15.5 Å². The maximum absolute atomic E-state index is 13.3. The molecular weight excluding hydrogens is 459 g/mol. The van der Waals surface area contributed by atoms with Gasteiger partial charge >= 0.3 is 0 Å². The Morgan fingerprint density at radius 3 is 2.53 bits per heavy atom. The van der Waals surface area contributed by atoms with Gasteiger partial charge in [-0.05, 0) is 48.5 Å². The second-order valence-corrected chi connectivity index (χ2v) is 9.25. The number of benzene rings is 2. The number of nitrogens with zero attached hydrogens (tertiary/aromatic N) is 3. The molecule has 8 nitrogen and oxygen atoms in total. The summed E-state index contributed by atoms with van der Waals surface area (Å²) >= 11 is 5.80. The molecule has 11 heteroatoms. The maximum Gasteiger partial charge on any atom is 0.246 e. The highest BCUT2D eigenvalue weighted by molar-refractivity contribution is 7.89. The zero-order chi connectivity index (χ0) is 22.7. The van der Waals surface area contributed by atoms with Crippen molar-refractivity contribution >= 4 is 33.1 Å². The molecule has 1 aliphatic heterocycles. The molecule has 4 rings (SSSR count). The van der Waals surface area contributed by atoms with Gasteiger partial charge in [-0.2, -0.15) is 4.31 Å². The molecule has 0 saturated carbocycles. The van der Waals surface area contributed by atoms with Crippen molar-refractivity contribution in [3.63, 3.8) is 0 Å². The van der Waals surface area contributed by atoms with E-state index in [0.717, 1.165) is 0 Å². The van der Waals surface area contributed by atoms with Gasteiger partial charge in [0, 0.05) is 24.3 Å². The molecule has 32 heavy (non-hydrogen) atoms. The Morgan fingerprint density at radius 2 is 1.88 bits per heavy atom. The van der Waals surface area contributed by atoms with Gasteiger partial charge in [0.15, 0.2) is 5.82 Å². The van der Waals surface area contributed by atoms with Crippen LogP contribution in [0.3, 0.4) is 0 Å². The number of nitrogens with one attached hydrogen (secondary N) is 1. The fourth-order valence-electron chi connectivity index (χ4n) is 3.24. The molecule has 1 aliphatic rings. The van der Waals surface area contributed by atoms with Crippen molar-refractivity contribution in [3.8, 4) is 17.0 Å². The predicted molar refractivity (Wildman–Crippen MR) is 118 cm³/mol. The minimum Gasteiger partial charge on any atom is -0.495 e. The van der Waals surface area contributed by atoms with Gasteiger partial charge in [-0.15, -0.1) is 10.2 Å². The smallest absolute Gasteiger partial charge is 0.246 e. The molecule has 0 unspecified atom stereocenters. The summed E-state index contributed by atoms with van der Waals surface area (Å²) in [7, 11) is -2.34. The maximum atomic E-state index is 13.3. The van der Waals surface area contributed by atoms with Crippen LogP contribution < -0.4 is 10.1 Å². The van der Waals surface area contributed by atoms with Crippen molar-refractivity contribution in [2.75, 3.05) is 38.7 Å². The number of methoxy groups -OCH3 is 1. The first-order valence-electron chi connectivity index (χ1n) is 9.70. The van der Waals surface area contributed by atoms with E-state index in [1.165, 1.54) is 35.7 Å². The summed E-state index contributed by atoms with van der Waals surface area (Å²) in [5.74, 6) is 0.159. The van der Waals surface area contributed by atoms with Crippen LogP contribution in [0.4, 0.5) is 15.9 Å². The number of aromatic nitrogens is 2. The number of morpholine rings is 1. The normalized spacial score (nSPS) is 14.8. The van der Waals surface area contributed by atoms with E-state index in [1.807, 2.05) is 0 Å². The molecule has 0 aliphatic carbocycles. The van der Waals surface area contributed by atoms with Crippen LogP contribution >= 0.6 is 11.6 Å². The van der Waals surface area contributed by atoms with Crippen molar-refractivity contribution in [2.24, 2.45) is 0 Å². The molecule has 0 bridgehead atoms. The molecule has 168 valence electrons. The molecule has 2 aromatic carbocycles. The molecule has 2 heterocycles. The summed E-state index contributed by atoms with van der Waals surface area (Å²) in [4.78, 5) is 0.0596. The zero-order valence-electron chi connectivity index (χ0n) is 17.1. The number of halogens is 2. The van der Waals surface area contributed by atoms with Crippen molar-refractivity contribution in [1.29, 1.82) is 0 Å². The standard InChI is InChI=1S/C21H20ClFN4O4S/c1-30-19-6-2-14(12-20(19)32(28,29)27-8-10-31-11-9-27)18-5-7-21(26-25-18)24-15-3-4-17(23)16(22)13-15/h2-7,12-13H,8-11H2,1H3,(H,24,26). The molecule has 1 N–H and O–H groups in total. The number of hydrogen-bond acceptors (Lipinski definition) is 7. The molecule has 0 amide bonds. The van der Waals surface area contributed by atoms with E-state index in [9.17, 15) is 12.8 Å². The quantitative estimate of drug-likeness (QED) is 0.577. The summed E-state index contributed by atoms with van der Waals surface area (Å²) in [6.45, 7) is 1.26. The molecule has 0 spiro atoms. The summed E-state index contributed by atoms with van der Waals surface area (Å²) in [6, 6.07) is 12.4. The Bertz CT molecular complexity index is 1220. The largest absolute Gasteiger partial charge is 0.495 e. The van der Waals surface area contributed by atoms with Gasteiger partial charge in [-0.25, -0.2) is 12.8 Å². The van der Waals surface area contributed by atoms with E-state index < -0.39 is 15.8 Å². The fraction of sp³-hybridized carbons (Fsp3) is 0.238. The molecule has 1 fully saturated rings. The molecule has 1 aromatic heterocycles. The summed E-state index contributed by atoms with van der Waals surface area (Å²) in [6.07, 6.45) is 0. The third-order valence-electron chi connectivity index (χ3n) is 4.90. The molecular formula is C21H20ClFN4O4S. The Labute approximate surface area is 190 Å². The lowest BCUT2D eigenvalue weighted by Gasteiger charge is -2.26. The predicted octanol–water partition coefficient (Wildman–Crippen LogP) is 3.71. The van der Waals surface area contributed by atoms with E-state index in [4.69, 9.17) is 21.1 Å². The monoisotopic (exact) mass is 478 g/mol. The Hall–Kier alpha value is -2.79. The van der Waals surface area contributed by atoms with Gasteiger partial charge in [0.2, 0.25) is 10.0 Å². The van der Waals surface area contributed by atoms with Crippen LogP contribution in [-0.2, 0) is 14.8 Å². The van der Waals surface area contributed by atoms with Gasteiger partial charge in [0.1, 0.15) is 16.5 Å². The van der Waals surface area contributed by atoms with Crippen molar-refractivity contribution in [2.45, 2.75) is 4.90 Å². The van der Waals surface area contributed by atoms with Crippen LogP contribution in [-0.4, -0.2) is 56.3 Å². The number of rotatable bonds is 6. The number of anilines is 2. The van der Waals surface area contributed by atoms with Crippen molar-refractivity contribution < 1.29 is 22.3 Å². The Kier molecular flexibility index (Phi) is 6.56. The highest BCUT2D eigenvalue weighted by Gasteiger charge is 2.29. The Balaban J connectivity index is 1.61.